The van der Waals surface area contributed by atoms with Gasteiger partial charge in [-0.15, -0.1) is 11.3 Å². The Bertz CT molecular complexity index is 301. The molecule has 1 aromatic heterocycles. The van der Waals surface area contributed by atoms with E-state index in [0.717, 1.165) is 13.1 Å². The van der Waals surface area contributed by atoms with Crippen LogP contribution in [0.4, 0.5) is 0 Å². The van der Waals surface area contributed by atoms with Crippen LogP contribution in [0.15, 0.2) is 11.4 Å². The summed E-state index contributed by atoms with van der Waals surface area (Å²) in [7, 11) is 0. The van der Waals surface area contributed by atoms with Crippen LogP contribution >= 0.6 is 22.9 Å². The van der Waals surface area contributed by atoms with Crippen LogP contribution in [0, 0.1) is 0 Å². The topological polar surface area (TPSA) is 41.1 Å². The third-order valence-electron chi connectivity index (χ3n) is 1.66. The zero-order valence-electron chi connectivity index (χ0n) is 7.97. The number of halogens is 1. The molecule has 3 nitrogen and oxygen atoms in total. The molecule has 0 aliphatic carbocycles. The molecule has 78 valence electrons. The van der Waals surface area contributed by atoms with E-state index in [1.54, 1.807) is 6.07 Å². The molecule has 0 atom stereocenters. The van der Waals surface area contributed by atoms with Crippen LogP contribution in [0.25, 0.3) is 0 Å². The summed E-state index contributed by atoms with van der Waals surface area (Å²) in [5.41, 5.74) is 0. The van der Waals surface area contributed by atoms with Gasteiger partial charge in [0.25, 0.3) is 5.91 Å². The fourth-order valence-corrected chi connectivity index (χ4v) is 2.03. The molecule has 0 fully saturated rings. The van der Waals surface area contributed by atoms with E-state index in [1.165, 1.54) is 11.3 Å². The molecule has 2 N–H and O–H groups in total. The van der Waals surface area contributed by atoms with Gasteiger partial charge in [-0.05, 0) is 18.0 Å². The Labute approximate surface area is 92.5 Å². The number of rotatable bonds is 5. The minimum absolute atomic E-state index is 0.0945. The summed E-state index contributed by atoms with van der Waals surface area (Å²) in [6, 6.07) is 1.73. The molecule has 0 aliphatic rings. The van der Waals surface area contributed by atoms with Gasteiger partial charge in [-0.2, -0.15) is 0 Å². The third kappa shape index (κ3) is 3.29. The second-order valence-corrected chi connectivity index (χ2v) is 4.03. The second kappa shape index (κ2) is 6.01. The van der Waals surface area contributed by atoms with E-state index in [9.17, 15) is 4.79 Å². The molecule has 0 aromatic carbocycles. The van der Waals surface area contributed by atoms with Crippen molar-refractivity contribution in [2.45, 2.75) is 6.92 Å². The summed E-state index contributed by atoms with van der Waals surface area (Å²) < 4.78 is 0. The molecule has 1 heterocycles. The van der Waals surface area contributed by atoms with Crippen molar-refractivity contribution in [2.24, 2.45) is 0 Å². The predicted octanol–water partition coefficient (Wildman–Crippen LogP) is 1.74. The van der Waals surface area contributed by atoms with Crippen LogP contribution in [-0.4, -0.2) is 25.5 Å². The Hall–Kier alpha value is -0.580. The van der Waals surface area contributed by atoms with Crippen molar-refractivity contribution in [2.75, 3.05) is 19.6 Å². The van der Waals surface area contributed by atoms with Gasteiger partial charge in [0.2, 0.25) is 0 Å². The Balaban J connectivity index is 2.32. The van der Waals surface area contributed by atoms with Crippen LogP contribution in [-0.2, 0) is 0 Å². The molecule has 1 aromatic rings. The smallest absolute Gasteiger partial charge is 0.262 e. The maximum atomic E-state index is 11.5. The second-order valence-electron chi connectivity index (χ2n) is 2.71. The molecular formula is C9H13ClN2OS. The lowest BCUT2D eigenvalue weighted by molar-refractivity contribution is 0.0958. The lowest BCUT2D eigenvalue weighted by Crippen LogP contribution is -2.31. The first-order valence-corrected chi connectivity index (χ1v) is 5.73. The third-order valence-corrected chi connectivity index (χ3v) is 3.00. The summed E-state index contributed by atoms with van der Waals surface area (Å²) in [5, 5.41) is 8.24. The lowest BCUT2D eigenvalue weighted by Gasteiger charge is -2.03. The number of amides is 1. The summed E-state index contributed by atoms with van der Waals surface area (Å²) in [6.45, 7) is 4.35. The van der Waals surface area contributed by atoms with E-state index in [4.69, 9.17) is 11.6 Å². The van der Waals surface area contributed by atoms with Gasteiger partial charge in [0.15, 0.2) is 0 Å². The van der Waals surface area contributed by atoms with E-state index in [-0.39, 0.29) is 5.91 Å². The average molecular weight is 233 g/mol. The van der Waals surface area contributed by atoms with Crippen molar-refractivity contribution < 1.29 is 4.79 Å². The molecule has 14 heavy (non-hydrogen) atoms. The van der Waals surface area contributed by atoms with Gasteiger partial charge in [0.05, 0.1) is 5.02 Å². The largest absolute Gasteiger partial charge is 0.350 e. The van der Waals surface area contributed by atoms with Crippen LogP contribution in [0.5, 0.6) is 0 Å². The Kier molecular flexibility index (Phi) is 4.93. The predicted molar refractivity (Wildman–Crippen MR) is 60.2 cm³/mol. The van der Waals surface area contributed by atoms with Crippen LogP contribution in [0.3, 0.4) is 0 Å². The summed E-state index contributed by atoms with van der Waals surface area (Å²) in [6.07, 6.45) is 0. The zero-order chi connectivity index (χ0) is 10.4. The normalized spacial score (nSPS) is 10.1. The Morgan fingerprint density at radius 1 is 1.57 bits per heavy atom. The first-order chi connectivity index (χ1) is 6.75. The molecule has 0 radical (unpaired) electrons. The van der Waals surface area contributed by atoms with Gasteiger partial charge in [0, 0.05) is 13.1 Å². The SMILES string of the molecule is CCNCCNC(=O)c1sccc1Cl. The molecule has 0 saturated carbocycles. The highest BCUT2D eigenvalue weighted by Gasteiger charge is 2.10. The van der Waals surface area contributed by atoms with Crippen molar-refractivity contribution >= 4 is 28.8 Å². The number of carbonyl (C=O) groups excluding carboxylic acids is 1. The maximum Gasteiger partial charge on any atom is 0.262 e. The van der Waals surface area contributed by atoms with Crippen LogP contribution in [0.2, 0.25) is 5.02 Å². The van der Waals surface area contributed by atoms with Gasteiger partial charge >= 0.3 is 0 Å². The highest BCUT2D eigenvalue weighted by atomic mass is 35.5. The van der Waals surface area contributed by atoms with Gasteiger partial charge in [-0.1, -0.05) is 18.5 Å². The molecule has 0 spiro atoms. The molecule has 5 heteroatoms. The number of nitrogens with one attached hydrogen (secondary N) is 2. The van der Waals surface area contributed by atoms with Crippen LogP contribution in [0.1, 0.15) is 16.6 Å². The maximum absolute atomic E-state index is 11.5. The van der Waals surface area contributed by atoms with Gasteiger partial charge < -0.3 is 10.6 Å². The lowest BCUT2D eigenvalue weighted by atomic mass is 10.4. The van der Waals surface area contributed by atoms with Gasteiger partial charge in [0.1, 0.15) is 4.88 Å². The monoisotopic (exact) mass is 232 g/mol. The van der Waals surface area contributed by atoms with E-state index in [0.29, 0.717) is 16.4 Å². The number of carbonyl (C=O) groups is 1. The molecular weight excluding hydrogens is 220 g/mol. The Morgan fingerprint density at radius 2 is 2.36 bits per heavy atom. The van der Waals surface area contributed by atoms with E-state index >= 15 is 0 Å². The number of likely N-dealkylation sites (N-methyl/N-ethyl adjacent to an activating group) is 1. The molecule has 0 bridgehead atoms. The first-order valence-electron chi connectivity index (χ1n) is 4.47. The number of hydrogen-bond donors (Lipinski definition) is 2. The van der Waals surface area contributed by atoms with E-state index < -0.39 is 0 Å². The fourth-order valence-electron chi connectivity index (χ4n) is 0.977. The molecule has 0 saturated heterocycles. The zero-order valence-corrected chi connectivity index (χ0v) is 9.54. The standard InChI is InChI=1S/C9H13ClN2OS/c1-2-11-4-5-12-9(13)8-7(10)3-6-14-8/h3,6,11H,2,4-5H2,1H3,(H,12,13). The van der Waals surface area contributed by atoms with Crippen molar-refractivity contribution in [3.8, 4) is 0 Å². The van der Waals surface area contributed by atoms with Crippen molar-refractivity contribution in [1.82, 2.24) is 10.6 Å². The Morgan fingerprint density at radius 3 is 2.93 bits per heavy atom. The van der Waals surface area contributed by atoms with E-state index in [2.05, 4.69) is 10.6 Å². The molecule has 1 amide bonds. The minimum atomic E-state index is -0.0945. The van der Waals surface area contributed by atoms with Crippen molar-refractivity contribution in [3.05, 3.63) is 21.3 Å². The molecule has 1 rings (SSSR count). The summed E-state index contributed by atoms with van der Waals surface area (Å²) in [5.74, 6) is -0.0945. The minimum Gasteiger partial charge on any atom is -0.350 e. The summed E-state index contributed by atoms with van der Waals surface area (Å²) >= 11 is 7.17. The van der Waals surface area contributed by atoms with Crippen molar-refractivity contribution in [3.63, 3.8) is 0 Å². The number of hydrogen-bond acceptors (Lipinski definition) is 3. The average Bonchev–Trinajstić information content (AvgIpc) is 2.59. The highest BCUT2D eigenvalue weighted by molar-refractivity contribution is 7.12. The van der Waals surface area contributed by atoms with Gasteiger partial charge in [-0.25, -0.2) is 0 Å². The van der Waals surface area contributed by atoms with Gasteiger partial charge in [-0.3, -0.25) is 4.79 Å². The highest BCUT2D eigenvalue weighted by Crippen LogP contribution is 2.21. The fraction of sp³-hybridized carbons (Fsp3) is 0.444. The number of thiophene rings is 1. The molecule has 0 aliphatic heterocycles. The molecule has 0 unspecified atom stereocenters. The van der Waals surface area contributed by atoms with E-state index in [1.807, 2.05) is 12.3 Å². The van der Waals surface area contributed by atoms with Crippen LogP contribution < -0.4 is 10.6 Å². The van der Waals surface area contributed by atoms with Crippen molar-refractivity contribution in [1.29, 1.82) is 0 Å². The quantitative estimate of drug-likeness (QED) is 0.760. The first kappa shape index (κ1) is 11.5. The summed E-state index contributed by atoms with van der Waals surface area (Å²) in [4.78, 5) is 12.1.